The molecule has 0 fully saturated rings. The van der Waals surface area contributed by atoms with Crippen molar-refractivity contribution in [2.75, 3.05) is 5.32 Å². The van der Waals surface area contributed by atoms with Crippen LogP contribution in [-0.4, -0.2) is 9.97 Å². The van der Waals surface area contributed by atoms with Gasteiger partial charge in [0, 0.05) is 11.6 Å². The molecule has 2 aromatic carbocycles. The quantitative estimate of drug-likeness (QED) is 0.743. The molecule has 1 aliphatic carbocycles. The van der Waals surface area contributed by atoms with Crippen LogP contribution in [0.5, 0.6) is 0 Å². The highest BCUT2D eigenvalue weighted by atomic mass is 15.0. The summed E-state index contributed by atoms with van der Waals surface area (Å²) in [4.78, 5) is 9.15. The summed E-state index contributed by atoms with van der Waals surface area (Å²) in [6.45, 7) is 1.91. The maximum absolute atomic E-state index is 8.96. The van der Waals surface area contributed by atoms with Gasteiger partial charge in [-0.15, -0.1) is 0 Å². The maximum Gasteiger partial charge on any atom is 0.130 e. The van der Waals surface area contributed by atoms with Gasteiger partial charge in [0.25, 0.3) is 0 Å². The van der Waals surface area contributed by atoms with Crippen molar-refractivity contribution in [3.8, 4) is 17.3 Å². The van der Waals surface area contributed by atoms with Gasteiger partial charge in [-0.05, 0) is 49.4 Å². The molecule has 1 aliphatic rings. The van der Waals surface area contributed by atoms with E-state index in [-0.39, 0.29) is 6.04 Å². The van der Waals surface area contributed by atoms with Gasteiger partial charge in [-0.2, -0.15) is 5.26 Å². The summed E-state index contributed by atoms with van der Waals surface area (Å²) in [7, 11) is 0. The van der Waals surface area contributed by atoms with Gasteiger partial charge in [0.2, 0.25) is 0 Å². The SMILES string of the molecule is Cc1nc(NC2CCCc3ccccc32)cc(-c2ccc(C#N)cc2)n1. The second-order valence-corrected chi connectivity index (χ2v) is 6.66. The van der Waals surface area contributed by atoms with Crippen LogP contribution in [-0.2, 0) is 6.42 Å². The number of rotatable bonds is 3. The normalized spacial score (nSPS) is 15.8. The van der Waals surface area contributed by atoms with Crippen molar-refractivity contribution in [3.63, 3.8) is 0 Å². The summed E-state index contributed by atoms with van der Waals surface area (Å²) in [6.07, 6.45) is 3.43. The third-order valence-electron chi connectivity index (χ3n) is 4.84. The standard InChI is InChI=1S/C22H20N4/c1-15-24-21(18-11-9-16(14-23)10-12-18)13-22(25-15)26-20-8-4-6-17-5-2-3-7-19(17)20/h2-3,5,7,9-13,20H,4,6,8H2,1H3,(H,24,25,26). The van der Waals surface area contributed by atoms with Crippen LogP contribution < -0.4 is 5.32 Å². The Balaban J connectivity index is 1.64. The molecule has 0 saturated carbocycles. The Morgan fingerprint density at radius 2 is 1.88 bits per heavy atom. The van der Waals surface area contributed by atoms with Gasteiger partial charge in [0.1, 0.15) is 11.6 Å². The van der Waals surface area contributed by atoms with Gasteiger partial charge in [0.15, 0.2) is 0 Å². The maximum atomic E-state index is 8.96. The molecule has 0 bridgehead atoms. The minimum Gasteiger partial charge on any atom is -0.363 e. The molecule has 0 spiro atoms. The highest BCUT2D eigenvalue weighted by Gasteiger charge is 2.20. The number of aromatic nitrogens is 2. The lowest BCUT2D eigenvalue weighted by atomic mass is 9.88. The van der Waals surface area contributed by atoms with Gasteiger partial charge in [-0.3, -0.25) is 0 Å². The number of hydrogen-bond donors (Lipinski definition) is 1. The minimum absolute atomic E-state index is 0.281. The summed E-state index contributed by atoms with van der Waals surface area (Å²) in [6, 6.07) is 20.6. The zero-order chi connectivity index (χ0) is 17.9. The first kappa shape index (κ1) is 16.3. The Morgan fingerprint density at radius 1 is 1.08 bits per heavy atom. The average Bonchev–Trinajstić information content (AvgIpc) is 2.68. The zero-order valence-electron chi connectivity index (χ0n) is 14.7. The topological polar surface area (TPSA) is 61.6 Å². The molecule has 4 heteroatoms. The number of hydrogen-bond acceptors (Lipinski definition) is 4. The van der Waals surface area contributed by atoms with Crippen molar-refractivity contribution in [1.82, 2.24) is 9.97 Å². The van der Waals surface area contributed by atoms with E-state index in [1.54, 1.807) is 0 Å². The minimum atomic E-state index is 0.281. The lowest BCUT2D eigenvalue weighted by Crippen LogP contribution is -2.18. The number of nitrogens with one attached hydrogen (secondary N) is 1. The van der Waals surface area contributed by atoms with Crippen molar-refractivity contribution in [2.45, 2.75) is 32.2 Å². The third-order valence-corrected chi connectivity index (χ3v) is 4.84. The Morgan fingerprint density at radius 3 is 2.69 bits per heavy atom. The van der Waals surface area contributed by atoms with Crippen LogP contribution in [0.25, 0.3) is 11.3 Å². The molecule has 0 amide bonds. The van der Waals surface area contributed by atoms with E-state index in [1.165, 1.54) is 17.5 Å². The molecule has 1 unspecified atom stereocenters. The van der Waals surface area contributed by atoms with Gasteiger partial charge >= 0.3 is 0 Å². The molecule has 3 aromatic rings. The summed E-state index contributed by atoms with van der Waals surface area (Å²) in [5, 5.41) is 12.6. The van der Waals surface area contributed by atoms with E-state index in [0.717, 1.165) is 35.7 Å². The molecular weight excluding hydrogens is 320 g/mol. The smallest absolute Gasteiger partial charge is 0.130 e. The molecule has 4 rings (SSSR count). The second kappa shape index (κ2) is 6.97. The number of aryl methyl sites for hydroxylation is 2. The predicted octanol–water partition coefficient (Wildman–Crippen LogP) is 4.81. The highest BCUT2D eigenvalue weighted by Crippen LogP contribution is 2.32. The molecule has 0 saturated heterocycles. The summed E-state index contributed by atoms with van der Waals surface area (Å²) >= 11 is 0. The van der Waals surface area contributed by atoms with Crippen molar-refractivity contribution in [2.24, 2.45) is 0 Å². The molecule has 4 nitrogen and oxygen atoms in total. The summed E-state index contributed by atoms with van der Waals surface area (Å²) in [5.74, 6) is 1.58. The Labute approximate surface area is 153 Å². The monoisotopic (exact) mass is 340 g/mol. The fraction of sp³-hybridized carbons (Fsp3) is 0.227. The van der Waals surface area contributed by atoms with Gasteiger partial charge in [-0.1, -0.05) is 36.4 Å². The molecule has 26 heavy (non-hydrogen) atoms. The molecule has 1 heterocycles. The predicted molar refractivity (Wildman–Crippen MR) is 103 cm³/mol. The van der Waals surface area contributed by atoms with Crippen molar-refractivity contribution >= 4 is 5.82 Å². The van der Waals surface area contributed by atoms with Gasteiger partial charge < -0.3 is 5.32 Å². The fourth-order valence-corrected chi connectivity index (χ4v) is 3.59. The molecule has 0 radical (unpaired) electrons. The lowest BCUT2D eigenvalue weighted by Gasteiger charge is -2.27. The van der Waals surface area contributed by atoms with Crippen LogP contribution in [0.1, 0.15) is 41.4 Å². The van der Waals surface area contributed by atoms with E-state index in [4.69, 9.17) is 5.26 Å². The fourth-order valence-electron chi connectivity index (χ4n) is 3.59. The molecule has 1 N–H and O–H groups in total. The van der Waals surface area contributed by atoms with Crippen molar-refractivity contribution in [1.29, 1.82) is 5.26 Å². The van der Waals surface area contributed by atoms with Crippen LogP contribution in [0.4, 0.5) is 5.82 Å². The molecule has 128 valence electrons. The summed E-state index contributed by atoms with van der Waals surface area (Å²) < 4.78 is 0. The van der Waals surface area contributed by atoms with E-state index in [9.17, 15) is 0 Å². The Hall–Kier alpha value is -3.19. The summed E-state index contributed by atoms with van der Waals surface area (Å²) in [5.41, 5.74) is 5.30. The Kier molecular flexibility index (Phi) is 4.37. The van der Waals surface area contributed by atoms with Crippen molar-refractivity contribution in [3.05, 3.63) is 77.1 Å². The van der Waals surface area contributed by atoms with Crippen molar-refractivity contribution < 1.29 is 0 Å². The van der Waals surface area contributed by atoms with Gasteiger partial charge in [-0.25, -0.2) is 9.97 Å². The first-order valence-corrected chi connectivity index (χ1v) is 8.93. The first-order chi connectivity index (χ1) is 12.7. The van der Waals surface area contributed by atoms with E-state index in [2.05, 4.69) is 45.6 Å². The van der Waals surface area contributed by atoms with Crippen LogP contribution >= 0.6 is 0 Å². The molecule has 1 aromatic heterocycles. The van der Waals surface area contributed by atoms with E-state index in [1.807, 2.05) is 37.3 Å². The number of anilines is 1. The number of nitrogens with zero attached hydrogens (tertiary/aromatic N) is 3. The molecular formula is C22H20N4. The number of fused-ring (bicyclic) bond motifs is 1. The largest absolute Gasteiger partial charge is 0.363 e. The van der Waals surface area contributed by atoms with Crippen LogP contribution in [0.3, 0.4) is 0 Å². The third kappa shape index (κ3) is 3.29. The van der Waals surface area contributed by atoms with Gasteiger partial charge in [0.05, 0.1) is 23.4 Å². The first-order valence-electron chi connectivity index (χ1n) is 8.93. The van der Waals surface area contributed by atoms with Crippen LogP contribution in [0.2, 0.25) is 0 Å². The zero-order valence-corrected chi connectivity index (χ0v) is 14.7. The lowest BCUT2D eigenvalue weighted by molar-refractivity contribution is 0.598. The number of nitriles is 1. The van der Waals surface area contributed by atoms with E-state index < -0.39 is 0 Å². The van der Waals surface area contributed by atoms with Crippen LogP contribution in [0, 0.1) is 18.3 Å². The second-order valence-electron chi connectivity index (χ2n) is 6.66. The average molecular weight is 340 g/mol. The van der Waals surface area contributed by atoms with Crippen LogP contribution in [0.15, 0.2) is 54.6 Å². The number of benzene rings is 2. The highest BCUT2D eigenvalue weighted by molar-refractivity contribution is 5.63. The molecule has 1 atom stereocenters. The van der Waals surface area contributed by atoms with E-state index >= 15 is 0 Å². The molecule has 0 aliphatic heterocycles. The Bertz CT molecular complexity index is 970. The van der Waals surface area contributed by atoms with E-state index in [0.29, 0.717) is 5.56 Å².